The molecule has 2 aliphatic rings. The summed E-state index contributed by atoms with van der Waals surface area (Å²) in [5, 5.41) is 0.378. The van der Waals surface area contributed by atoms with Gasteiger partial charge in [0, 0.05) is 22.8 Å². The molecule has 1 saturated carbocycles. The lowest BCUT2D eigenvalue weighted by Crippen LogP contribution is -2.39. The molecular weight excluding hydrogens is 488 g/mol. The lowest BCUT2D eigenvalue weighted by molar-refractivity contribution is -0.154. The van der Waals surface area contributed by atoms with Gasteiger partial charge >= 0.3 is 5.97 Å². The molecule has 188 valence electrons. The molecule has 1 aliphatic heterocycles. The van der Waals surface area contributed by atoms with Gasteiger partial charge in [-0.25, -0.2) is 8.42 Å². The zero-order chi connectivity index (χ0) is 25.4. The Morgan fingerprint density at radius 3 is 2.51 bits per heavy atom. The molecule has 4 rings (SSSR count). The van der Waals surface area contributed by atoms with Gasteiger partial charge in [0.1, 0.15) is 5.92 Å². The smallest absolute Gasteiger partial charge is 0.322 e. The predicted molar refractivity (Wildman–Crippen MR) is 137 cm³/mol. The quantitative estimate of drug-likeness (QED) is 0.427. The number of ether oxygens (including phenoxy) is 1. The van der Waals surface area contributed by atoms with Gasteiger partial charge in [0.15, 0.2) is 11.4 Å². The van der Waals surface area contributed by atoms with Crippen molar-refractivity contribution < 1.29 is 22.7 Å². The van der Waals surface area contributed by atoms with E-state index < -0.39 is 27.5 Å². The van der Waals surface area contributed by atoms with Gasteiger partial charge in [0.25, 0.3) is 0 Å². The van der Waals surface area contributed by atoms with Crippen LogP contribution in [0, 0.1) is 6.92 Å². The topological polar surface area (TPSA) is 92.8 Å². The first-order valence-corrected chi connectivity index (χ1v) is 13.9. The van der Waals surface area contributed by atoms with Crippen LogP contribution in [0.15, 0.2) is 36.4 Å². The van der Waals surface area contributed by atoms with Crippen LogP contribution in [0.2, 0.25) is 5.02 Å². The number of nitrogens with zero attached hydrogens (tertiary/aromatic N) is 1. The molecule has 1 spiro atoms. The highest BCUT2D eigenvalue weighted by Gasteiger charge is 2.56. The average Bonchev–Trinajstić information content (AvgIpc) is 3.03. The second-order valence-electron chi connectivity index (χ2n) is 9.77. The molecule has 1 heterocycles. The number of benzene rings is 2. The van der Waals surface area contributed by atoms with Crippen LogP contribution in [0.4, 0.5) is 5.69 Å². The van der Waals surface area contributed by atoms with Gasteiger partial charge in [-0.15, -0.1) is 0 Å². The summed E-state index contributed by atoms with van der Waals surface area (Å²) in [5.41, 5.74) is 2.18. The average molecular weight is 519 g/mol. The number of sulfonamides is 1. The Bertz CT molecular complexity index is 1250. The van der Waals surface area contributed by atoms with Crippen molar-refractivity contribution in [2.45, 2.75) is 50.5 Å². The second kappa shape index (κ2) is 9.91. The maximum Gasteiger partial charge on any atom is 0.322 e. The maximum atomic E-state index is 13.3. The summed E-state index contributed by atoms with van der Waals surface area (Å²) in [5.74, 6) is -1.65. The lowest BCUT2D eigenvalue weighted by atomic mass is 9.77. The highest BCUT2D eigenvalue weighted by Crippen LogP contribution is 2.45. The fraction of sp³-hybridized carbons (Fsp3) is 0.462. The van der Waals surface area contributed by atoms with Gasteiger partial charge in [-0.1, -0.05) is 30.2 Å². The Morgan fingerprint density at radius 2 is 1.83 bits per heavy atom. The SMILES string of the molecule is Cc1cc(-c2cccc(NS(=O)(=O)CCN(C)C)c2)c(Cl)cc1C1C(=O)OC2(CCCCC2)C1=O. The van der Waals surface area contributed by atoms with Crippen LogP contribution < -0.4 is 4.72 Å². The van der Waals surface area contributed by atoms with Crippen molar-refractivity contribution in [3.05, 3.63) is 52.5 Å². The van der Waals surface area contributed by atoms with Crippen molar-refractivity contribution >= 4 is 39.1 Å². The standard InChI is InChI=1S/C26H31ClN2O5S/c1-17-14-21(18-8-7-9-19(15-18)28-35(32,33)13-12-29(2)3)22(27)16-20(17)23-24(30)26(34-25(23)31)10-5-4-6-11-26/h7-9,14-16,23,28H,4-6,10-13H2,1-3H3. The molecule has 1 saturated heterocycles. The van der Waals surface area contributed by atoms with Crippen LogP contribution in [-0.4, -0.2) is 57.1 Å². The van der Waals surface area contributed by atoms with Gasteiger partial charge in [-0.3, -0.25) is 14.3 Å². The number of anilines is 1. The summed E-state index contributed by atoms with van der Waals surface area (Å²) in [4.78, 5) is 27.9. The van der Waals surface area contributed by atoms with E-state index in [1.165, 1.54) is 0 Å². The number of halogens is 1. The number of carbonyl (C=O) groups excluding carboxylic acids is 2. The zero-order valence-electron chi connectivity index (χ0n) is 20.3. The Balaban J connectivity index is 1.61. The van der Waals surface area contributed by atoms with Crippen LogP contribution >= 0.6 is 11.6 Å². The summed E-state index contributed by atoms with van der Waals surface area (Å²) >= 11 is 6.65. The zero-order valence-corrected chi connectivity index (χ0v) is 21.8. The van der Waals surface area contributed by atoms with Crippen LogP contribution in [-0.2, 0) is 24.3 Å². The van der Waals surface area contributed by atoms with Gasteiger partial charge in [0.2, 0.25) is 10.0 Å². The summed E-state index contributed by atoms with van der Waals surface area (Å²) in [6.07, 6.45) is 3.95. The van der Waals surface area contributed by atoms with E-state index in [1.807, 2.05) is 33.2 Å². The highest BCUT2D eigenvalue weighted by atomic mass is 35.5. The summed E-state index contributed by atoms with van der Waals surface area (Å²) in [7, 11) is 0.131. The van der Waals surface area contributed by atoms with Crippen LogP contribution in [0.5, 0.6) is 0 Å². The molecule has 0 amide bonds. The Labute approximate surface area is 211 Å². The number of rotatable bonds is 7. The summed E-state index contributed by atoms with van der Waals surface area (Å²) in [6, 6.07) is 10.5. The van der Waals surface area contributed by atoms with Crippen molar-refractivity contribution in [1.29, 1.82) is 0 Å². The van der Waals surface area contributed by atoms with Crippen molar-refractivity contribution in [1.82, 2.24) is 4.90 Å². The minimum absolute atomic E-state index is 0.0220. The molecule has 2 fully saturated rings. The number of Topliss-reactive ketones (excluding diaryl/α,β-unsaturated/α-hetero) is 1. The lowest BCUT2D eigenvalue weighted by Gasteiger charge is -2.29. The molecule has 0 bridgehead atoms. The van der Waals surface area contributed by atoms with Gasteiger partial charge in [0.05, 0.1) is 5.75 Å². The van der Waals surface area contributed by atoms with Crippen molar-refractivity contribution in [3.63, 3.8) is 0 Å². The molecule has 2 aromatic rings. The van der Waals surface area contributed by atoms with E-state index in [2.05, 4.69) is 4.72 Å². The molecule has 2 aromatic carbocycles. The van der Waals surface area contributed by atoms with E-state index >= 15 is 0 Å². The van der Waals surface area contributed by atoms with Gasteiger partial charge in [-0.2, -0.15) is 0 Å². The first kappa shape index (κ1) is 25.7. The Hall–Kier alpha value is -2.42. The van der Waals surface area contributed by atoms with Crippen LogP contribution in [0.3, 0.4) is 0 Å². The molecule has 1 N–H and O–H groups in total. The molecule has 9 heteroatoms. The maximum absolute atomic E-state index is 13.3. The van der Waals surface area contributed by atoms with E-state index in [0.29, 0.717) is 41.2 Å². The fourth-order valence-electron chi connectivity index (χ4n) is 4.92. The number of esters is 1. The molecule has 1 atom stereocenters. The molecule has 35 heavy (non-hydrogen) atoms. The van der Waals surface area contributed by atoms with Gasteiger partial charge < -0.3 is 9.64 Å². The number of hydrogen-bond acceptors (Lipinski definition) is 6. The van der Waals surface area contributed by atoms with E-state index in [1.54, 1.807) is 29.2 Å². The number of aryl methyl sites for hydroxylation is 1. The van der Waals surface area contributed by atoms with Crippen LogP contribution in [0.25, 0.3) is 11.1 Å². The Morgan fingerprint density at radius 1 is 1.11 bits per heavy atom. The molecule has 0 aromatic heterocycles. The van der Waals surface area contributed by atoms with Crippen LogP contribution in [0.1, 0.15) is 49.1 Å². The third-order valence-electron chi connectivity index (χ3n) is 6.83. The van der Waals surface area contributed by atoms with E-state index in [9.17, 15) is 18.0 Å². The van der Waals surface area contributed by atoms with E-state index in [0.717, 1.165) is 30.4 Å². The van der Waals surface area contributed by atoms with Gasteiger partial charge in [-0.05, 0) is 87.7 Å². The first-order valence-electron chi connectivity index (χ1n) is 11.8. The monoisotopic (exact) mass is 518 g/mol. The normalized spacial score (nSPS) is 19.9. The van der Waals surface area contributed by atoms with Crippen molar-refractivity contribution in [2.24, 2.45) is 0 Å². The summed E-state index contributed by atoms with van der Waals surface area (Å²) < 4.78 is 33.1. The number of carbonyl (C=O) groups is 2. The highest BCUT2D eigenvalue weighted by molar-refractivity contribution is 7.92. The molecule has 1 aliphatic carbocycles. The number of ketones is 1. The molecule has 0 radical (unpaired) electrons. The predicted octanol–water partition coefficient (Wildman–Crippen LogP) is 4.53. The molecule has 7 nitrogen and oxygen atoms in total. The minimum atomic E-state index is -3.50. The second-order valence-corrected chi connectivity index (χ2v) is 12.0. The molecular formula is C26H31ClN2O5S. The Kier molecular flexibility index (Phi) is 7.27. The minimum Gasteiger partial charge on any atom is -0.450 e. The van der Waals surface area contributed by atoms with E-state index in [-0.39, 0.29) is 11.5 Å². The largest absolute Gasteiger partial charge is 0.450 e. The van der Waals surface area contributed by atoms with Crippen molar-refractivity contribution in [2.75, 3.05) is 31.1 Å². The molecule has 1 unspecified atom stereocenters. The third kappa shape index (κ3) is 5.39. The van der Waals surface area contributed by atoms with E-state index in [4.69, 9.17) is 16.3 Å². The summed E-state index contributed by atoms with van der Waals surface area (Å²) in [6.45, 7) is 2.25. The number of nitrogens with one attached hydrogen (secondary N) is 1. The third-order valence-corrected chi connectivity index (χ3v) is 8.40. The van der Waals surface area contributed by atoms with Crippen molar-refractivity contribution in [3.8, 4) is 11.1 Å². The first-order chi connectivity index (χ1) is 16.5. The fourth-order valence-corrected chi connectivity index (χ4v) is 6.40. The number of hydrogen-bond donors (Lipinski definition) is 1.